The Morgan fingerprint density at radius 1 is 1.33 bits per heavy atom. The van der Waals surface area contributed by atoms with E-state index in [4.69, 9.17) is 12.2 Å². The van der Waals surface area contributed by atoms with E-state index in [0.717, 1.165) is 17.9 Å². The van der Waals surface area contributed by atoms with E-state index in [1.54, 1.807) is 0 Å². The highest BCUT2D eigenvalue weighted by Crippen LogP contribution is 2.17. The lowest BCUT2D eigenvalue weighted by Crippen LogP contribution is -2.31. The van der Waals surface area contributed by atoms with Gasteiger partial charge in [-0.25, -0.2) is 0 Å². The number of nitrogens with one attached hydrogen (secondary N) is 1. The maximum atomic E-state index is 5.49. The van der Waals surface area contributed by atoms with E-state index in [2.05, 4.69) is 49.4 Å². The molecular formula is C16H22N4S. The second-order valence-corrected chi connectivity index (χ2v) is 5.87. The molecule has 112 valence electrons. The Morgan fingerprint density at radius 2 is 2.05 bits per heavy atom. The van der Waals surface area contributed by atoms with Crippen molar-refractivity contribution in [2.75, 3.05) is 12.4 Å². The fraction of sp³-hybridized carbons (Fsp3) is 0.375. The predicted octanol–water partition coefficient (Wildman–Crippen LogP) is 3.17. The molecule has 2 aromatic rings. The normalized spacial score (nSPS) is 10.5. The van der Waals surface area contributed by atoms with Gasteiger partial charge in [0.05, 0.1) is 6.20 Å². The van der Waals surface area contributed by atoms with Crippen LogP contribution in [0.15, 0.2) is 24.4 Å². The zero-order valence-corrected chi connectivity index (χ0v) is 14.1. The molecule has 0 spiro atoms. The Labute approximate surface area is 131 Å². The average Bonchev–Trinajstić information content (AvgIpc) is 2.73. The van der Waals surface area contributed by atoms with Crippen LogP contribution >= 0.6 is 12.2 Å². The van der Waals surface area contributed by atoms with Crippen LogP contribution in [0.3, 0.4) is 0 Å². The van der Waals surface area contributed by atoms with Gasteiger partial charge in [-0.15, -0.1) is 0 Å². The van der Waals surface area contributed by atoms with Crippen LogP contribution in [0.25, 0.3) is 0 Å². The van der Waals surface area contributed by atoms with Crippen molar-refractivity contribution in [3.63, 3.8) is 0 Å². The van der Waals surface area contributed by atoms with Gasteiger partial charge in [-0.3, -0.25) is 4.68 Å². The fourth-order valence-electron chi connectivity index (χ4n) is 2.19. The summed E-state index contributed by atoms with van der Waals surface area (Å²) in [6.45, 7) is 6.99. The third kappa shape index (κ3) is 3.61. The van der Waals surface area contributed by atoms with Gasteiger partial charge in [-0.1, -0.05) is 17.7 Å². The highest BCUT2D eigenvalue weighted by Gasteiger charge is 2.10. The molecule has 0 bridgehead atoms. The molecule has 2 rings (SSSR count). The second kappa shape index (κ2) is 6.26. The van der Waals surface area contributed by atoms with Crippen molar-refractivity contribution in [2.24, 2.45) is 7.05 Å². The average molecular weight is 302 g/mol. The molecule has 0 amide bonds. The first-order valence-electron chi connectivity index (χ1n) is 6.95. The summed E-state index contributed by atoms with van der Waals surface area (Å²) in [5.74, 6) is 0. The Kier molecular flexibility index (Phi) is 4.63. The number of nitrogens with zero attached hydrogens (tertiary/aromatic N) is 3. The van der Waals surface area contributed by atoms with Crippen molar-refractivity contribution in [3.8, 4) is 0 Å². The van der Waals surface area contributed by atoms with Gasteiger partial charge in [-0.2, -0.15) is 5.10 Å². The quantitative estimate of drug-likeness (QED) is 0.883. The molecule has 0 aliphatic rings. The van der Waals surface area contributed by atoms with Crippen LogP contribution in [0, 0.1) is 20.8 Å². The minimum atomic E-state index is 0.713. The lowest BCUT2D eigenvalue weighted by Gasteiger charge is -2.22. The van der Waals surface area contributed by atoms with Gasteiger partial charge < -0.3 is 10.2 Å². The number of aromatic nitrogens is 2. The molecule has 1 heterocycles. The van der Waals surface area contributed by atoms with Gasteiger partial charge in [0.25, 0.3) is 0 Å². The van der Waals surface area contributed by atoms with E-state index < -0.39 is 0 Å². The summed E-state index contributed by atoms with van der Waals surface area (Å²) in [5, 5.41) is 8.29. The van der Waals surface area contributed by atoms with Crippen LogP contribution in [-0.2, 0) is 13.6 Å². The zero-order chi connectivity index (χ0) is 15.6. The molecule has 0 radical (unpaired) electrons. The van der Waals surface area contributed by atoms with Gasteiger partial charge in [0.2, 0.25) is 0 Å². The highest BCUT2D eigenvalue weighted by molar-refractivity contribution is 7.80. The summed E-state index contributed by atoms with van der Waals surface area (Å²) in [6.07, 6.45) is 1.89. The Balaban J connectivity index is 2.04. The molecule has 1 aromatic carbocycles. The molecule has 1 N–H and O–H groups in total. The number of thiocarbonyl (C=S) groups is 1. The van der Waals surface area contributed by atoms with E-state index in [1.165, 1.54) is 16.7 Å². The smallest absolute Gasteiger partial charge is 0.173 e. The van der Waals surface area contributed by atoms with Gasteiger partial charge in [0.1, 0.15) is 0 Å². The Morgan fingerprint density at radius 3 is 2.62 bits per heavy atom. The second-order valence-electron chi connectivity index (χ2n) is 5.48. The third-order valence-corrected chi connectivity index (χ3v) is 4.13. The number of benzene rings is 1. The molecule has 0 saturated carbocycles. The molecule has 1 aromatic heterocycles. The molecule has 0 fully saturated rings. The van der Waals surface area contributed by atoms with Crippen LogP contribution in [0.4, 0.5) is 5.69 Å². The highest BCUT2D eigenvalue weighted by atomic mass is 32.1. The molecule has 0 aliphatic heterocycles. The first-order chi connectivity index (χ1) is 9.88. The Bertz CT molecular complexity index is 660. The van der Waals surface area contributed by atoms with Crippen molar-refractivity contribution < 1.29 is 0 Å². The molecule has 0 unspecified atom stereocenters. The van der Waals surface area contributed by atoms with Crippen LogP contribution in [0.1, 0.15) is 22.4 Å². The molecule has 5 heteroatoms. The van der Waals surface area contributed by atoms with Crippen molar-refractivity contribution >= 4 is 23.0 Å². The zero-order valence-electron chi connectivity index (χ0n) is 13.3. The van der Waals surface area contributed by atoms with Crippen molar-refractivity contribution in [2.45, 2.75) is 27.3 Å². The first kappa shape index (κ1) is 15.5. The minimum absolute atomic E-state index is 0.713. The van der Waals surface area contributed by atoms with E-state index in [1.807, 2.05) is 29.9 Å². The van der Waals surface area contributed by atoms with Crippen molar-refractivity contribution in [1.82, 2.24) is 14.7 Å². The van der Waals surface area contributed by atoms with Crippen LogP contribution < -0.4 is 5.32 Å². The van der Waals surface area contributed by atoms with E-state index in [0.29, 0.717) is 5.11 Å². The molecule has 4 nitrogen and oxygen atoms in total. The van der Waals surface area contributed by atoms with E-state index in [-0.39, 0.29) is 0 Å². The summed E-state index contributed by atoms with van der Waals surface area (Å²) in [6, 6.07) is 6.31. The summed E-state index contributed by atoms with van der Waals surface area (Å²) in [4.78, 5) is 2.03. The van der Waals surface area contributed by atoms with Gasteiger partial charge in [0, 0.05) is 37.6 Å². The number of rotatable bonds is 3. The van der Waals surface area contributed by atoms with Crippen LogP contribution in [0.5, 0.6) is 0 Å². The largest absolute Gasteiger partial charge is 0.348 e. The minimum Gasteiger partial charge on any atom is -0.348 e. The fourth-order valence-corrected chi connectivity index (χ4v) is 2.37. The van der Waals surface area contributed by atoms with Gasteiger partial charge in [0.15, 0.2) is 5.11 Å². The lowest BCUT2D eigenvalue weighted by molar-refractivity contribution is 0.506. The first-order valence-corrected chi connectivity index (χ1v) is 7.36. The number of aryl methyl sites for hydroxylation is 3. The van der Waals surface area contributed by atoms with E-state index >= 15 is 0 Å². The maximum Gasteiger partial charge on any atom is 0.173 e. The number of hydrogen-bond donors (Lipinski definition) is 1. The Hall–Kier alpha value is -1.88. The molecular weight excluding hydrogens is 280 g/mol. The maximum absolute atomic E-state index is 5.49. The summed E-state index contributed by atoms with van der Waals surface area (Å²) in [5.41, 5.74) is 5.85. The molecule has 21 heavy (non-hydrogen) atoms. The number of hydrogen-bond acceptors (Lipinski definition) is 2. The summed E-state index contributed by atoms with van der Waals surface area (Å²) < 4.78 is 1.88. The SMILES string of the molecule is Cc1ccc(NC(=S)N(C)Cc2cnn(C)c2C)c(C)c1. The van der Waals surface area contributed by atoms with Crippen LogP contribution in [0.2, 0.25) is 0 Å². The van der Waals surface area contributed by atoms with Gasteiger partial charge in [-0.05, 0) is 44.6 Å². The monoisotopic (exact) mass is 302 g/mol. The van der Waals surface area contributed by atoms with Gasteiger partial charge >= 0.3 is 0 Å². The number of anilines is 1. The third-order valence-electron chi connectivity index (χ3n) is 3.71. The lowest BCUT2D eigenvalue weighted by atomic mass is 10.1. The van der Waals surface area contributed by atoms with Crippen molar-refractivity contribution in [1.29, 1.82) is 0 Å². The molecule has 0 aliphatic carbocycles. The van der Waals surface area contributed by atoms with Crippen molar-refractivity contribution in [3.05, 3.63) is 46.8 Å². The summed E-state index contributed by atoms with van der Waals surface area (Å²) >= 11 is 5.49. The molecule has 0 saturated heterocycles. The van der Waals surface area contributed by atoms with Crippen LogP contribution in [-0.4, -0.2) is 26.8 Å². The summed E-state index contributed by atoms with van der Waals surface area (Å²) in [7, 11) is 3.94. The predicted molar refractivity (Wildman–Crippen MR) is 91.5 cm³/mol. The topological polar surface area (TPSA) is 33.1 Å². The standard InChI is InChI=1S/C16H22N4S/c1-11-6-7-15(12(2)8-11)18-16(21)19(4)10-14-9-17-20(5)13(14)3/h6-9H,10H2,1-5H3,(H,18,21). The van der Waals surface area contributed by atoms with E-state index in [9.17, 15) is 0 Å². The molecule has 0 atom stereocenters.